The Morgan fingerprint density at radius 2 is 2.31 bits per heavy atom. The largest absolute Gasteiger partial charge is 0.505 e. The molecule has 1 aromatic heterocycles. The molecular weight excluding hydrogens is 208 g/mol. The van der Waals surface area contributed by atoms with Crippen LogP contribution in [0.2, 0.25) is 0 Å². The van der Waals surface area contributed by atoms with E-state index in [2.05, 4.69) is 10.3 Å². The van der Waals surface area contributed by atoms with E-state index in [0.29, 0.717) is 6.61 Å². The molecule has 0 aliphatic carbocycles. The van der Waals surface area contributed by atoms with Gasteiger partial charge in [-0.05, 0) is 19.9 Å². The molecule has 88 valence electrons. The maximum Gasteiger partial charge on any atom is 0.255 e. The number of carbonyl (C=O) groups is 1. The van der Waals surface area contributed by atoms with Crippen molar-refractivity contribution in [2.75, 3.05) is 13.7 Å². The quantitative estimate of drug-likeness (QED) is 0.798. The minimum absolute atomic E-state index is 0.131. The third kappa shape index (κ3) is 3.20. The molecule has 5 heteroatoms. The molecule has 0 saturated carbocycles. The van der Waals surface area contributed by atoms with Crippen LogP contribution in [-0.4, -0.2) is 35.3 Å². The predicted octanol–water partition coefficient (Wildman–Crippen LogP) is 0.942. The molecule has 0 fully saturated rings. The fourth-order valence-electron chi connectivity index (χ4n) is 1.35. The summed E-state index contributed by atoms with van der Waals surface area (Å²) in [5.74, 6) is -0.477. The fraction of sp³-hybridized carbons (Fsp3) is 0.455. The normalized spacial score (nSPS) is 11.2. The van der Waals surface area contributed by atoms with Gasteiger partial charge in [0.2, 0.25) is 0 Å². The number of nitrogens with zero attached hydrogens (tertiary/aromatic N) is 1. The molecule has 0 aromatic carbocycles. The molecular formula is C11H16N2O3. The molecule has 0 bridgehead atoms. The van der Waals surface area contributed by atoms with Crippen molar-refractivity contribution in [1.82, 2.24) is 10.3 Å². The van der Waals surface area contributed by atoms with E-state index in [1.165, 1.54) is 18.5 Å². The Morgan fingerprint density at radius 1 is 1.62 bits per heavy atom. The lowest BCUT2D eigenvalue weighted by atomic mass is 10.1. The molecule has 0 atom stereocenters. The monoisotopic (exact) mass is 224 g/mol. The van der Waals surface area contributed by atoms with E-state index in [1.807, 2.05) is 13.8 Å². The van der Waals surface area contributed by atoms with Crippen LogP contribution in [0.25, 0.3) is 0 Å². The Hall–Kier alpha value is -1.62. The van der Waals surface area contributed by atoms with Gasteiger partial charge in [-0.2, -0.15) is 0 Å². The second-order valence-corrected chi connectivity index (χ2v) is 4.16. The van der Waals surface area contributed by atoms with Gasteiger partial charge in [0, 0.05) is 13.3 Å². The molecule has 5 nitrogen and oxygen atoms in total. The lowest BCUT2D eigenvalue weighted by Crippen LogP contribution is -2.46. The summed E-state index contributed by atoms with van der Waals surface area (Å²) in [5, 5.41) is 12.2. The highest BCUT2D eigenvalue weighted by atomic mass is 16.5. The molecule has 1 rings (SSSR count). The number of amides is 1. The van der Waals surface area contributed by atoms with Crippen molar-refractivity contribution >= 4 is 5.91 Å². The zero-order chi connectivity index (χ0) is 12.2. The fourth-order valence-corrected chi connectivity index (χ4v) is 1.35. The van der Waals surface area contributed by atoms with Gasteiger partial charge in [-0.15, -0.1) is 0 Å². The van der Waals surface area contributed by atoms with E-state index in [1.54, 1.807) is 7.11 Å². The first kappa shape index (κ1) is 12.4. The highest BCUT2D eigenvalue weighted by Gasteiger charge is 2.22. The average molecular weight is 224 g/mol. The molecule has 0 aliphatic heterocycles. The smallest absolute Gasteiger partial charge is 0.255 e. The van der Waals surface area contributed by atoms with Crippen LogP contribution in [-0.2, 0) is 4.74 Å². The van der Waals surface area contributed by atoms with Crippen LogP contribution in [0, 0.1) is 0 Å². The van der Waals surface area contributed by atoms with E-state index in [-0.39, 0.29) is 17.2 Å². The first-order chi connectivity index (χ1) is 7.46. The van der Waals surface area contributed by atoms with E-state index < -0.39 is 5.54 Å². The number of aromatic nitrogens is 1. The van der Waals surface area contributed by atoms with Crippen molar-refractivity contribution in [3.8, 4) is 5.75 Å². The van der Waals surface area contributed by atoms with Crippen molar-refractivity contribution in [3.05, 3.63) is 24.0 Å². The number of nitrogens with one attached hydrogen (secondary N) is 1. The van der Waals surface area contributed by atoms with Crippen LogP contribution < -0.4 is 5.32 Å². The van der Waals surface area contributed by atoms with E-state index in [4.69, 9.17) is 4.74 Å². The molecule has 0 saturated heterocycles. The molecule has 1 aromatic rings. The summed E-state index contributed by atoms with van der Waals surface area (Å²) >= 11 is 0. The average Bonchev–Trinajstić information content (AvgIpc) is 2.17. The van der Waals surface area contributed by atoms with Crippen LogP contribution in [0.15, 0.2) is 18.5 Å². The van der Waals surface area contributed by atoms with E-state index in [0.717, 1.165) is 0 Å². The summed E-state index contributed by atoms with van der Waals surface area (Å²) in [6, 6.07) is 1.47. The molecule has 16 heavy (non-hydrogen) atoms. The van der Waals surface area contributed by atoms with Gasteiger partial charge in [0.25, 0.3) is 5.91 Å². The highest BCUT2D eigenvalue weighted by molar-refractivity contribution is 5.97. The van der Waals surface area contributed by atoms with Crippen LogP contribution in [0.5, 0.6) is 5.75 Å². The number of ether oxygens (including phenoxy) is 1. The third-order valence-corrected chi connectivity index (χ3v) is 2.00. The summed E-state index contributed by atoms with van der Waals surface area (Å²) in [7, 11) is 1.57. The van der Waals surface area contributed by atoms with E-state index >= 15 is 0 Å². The minimum atomic E-state index is -0.485. The number of rotatable bonds is 4. The van der Waals surface area contributed by atoms with Crippen LogP contribution in [0.4, 0.5) is 0 Å². The molecule has 1 amide bonds. The summed E-state index contributed by atoms with van der Waals surface area (Å²) < 4.78 is 4.98. The minimum Gasteiger partial charge on any atom is -0.505 e. The molecule has 0 radical (unpaired) electrons. The zero-order valence-electron chi connectivity index (χ0n) is 9.65. The van der Waals surface area contributed by atoms with Crippen molar-refractivity contribution in [2.45, 2.75) is 19.4 Å². The molecule has 0 aliphatic rings. The molecule has 0 spiro atoms. The Balaban J connectivity index is 2.77. The maximum atomic E-state index is 11.8. The van der Waals surface area contributed by atoms with E-state index in [9.17, 15) is 9.90 Å². The van der Waals surface area contributed by atoms with Crippen LogP contribution in [0.1, 0.15) is 24.2 Å². The maximum absolute atomic E-state index is 11.8. The van der Waals surface area contributed by atoms with Crippen LogP contribution >= 0.6 is 0 Å². The summed E-state index contributed by atoms with van der Waals surface area (Å²) in [4.78, 5) is 15.5. The lowest BCUT2D eigenvalue weighted by molar-refractivity contribution is 0.0817. The second-order valence-electron chi connectivity index (χ2n) is 4.16. The number of pyridine rings is 1. The third-order valence-electron chi connectivity index (χ3n) is 2.00. The van der Waals surface area contributed by atoms with Crippen LogP contribution in [0.3, 0.4) is 0 Å². The van der Waals surface area contributed by atoms with Gasteiger partial charge < -0.3 is 15.2 Å². The van der Waals surface area contributed by atoms with Crippen molar-refractivity contribution in [1.29, 1.82) is 0 Å². The molecule has 0 unspecified atom stereocenters. The standard InChI is InChI=1S/C11H16N2O3/c1-11(2,7-16-3)13-10(15)8-4-5-12-6-9(8)14/h4-6,14H,7H2,1-3H3,(H,13,15). The zero-order valence-corrected chi connectivity index (χ0v) is 9.65. The Kier molecular flexibility index (Phi) is 3.84. The number of methoxy groups -OCH3 is 1. The predicted molar refractivity (Wildman–Crippen MR) is 59.3 cm³/mol. The summed E-state index contributed by atoms with van der Waals surface area (Å²) in [6.07, 6.45) is 2.69. The van der Waals surface area contributed by atoms with Crippen molar-refractivity contribution in [3.63, 3.8) is 0 Å². The van der Waals surface area contributed by atoms with Gasteiger partial charge in [-0.3, -0.25) is 9.78 Å². The topological polar surface area (TPSA) is 71.5 Å². The SMILES string of the molecule is COCC(C)(C)NC(=O)c1ccncc1O. The van der Waals surface area contributed by atoms with Crippen molar-refractivity contribution < 1.29 is 14.6 Å². The van der Waals surface area contributed by atoms with Gasteiger partial charge in [0.15, 0.2) is 0 Å². The number of hydrogen-bond acceptors (Lipinski definition) is 4. The first-order valence-electron chi connectivity index (χ1n) is 4.91. The van der Waals surface area contributed by atoms with Gasteiger partial charge >= 0.3 is 0 Å². The van der Waals surface area contributed by atoms with Gasteiger partial charge in [-0.1, -0.05) is 0 Å². The van der Waals surface area contributed by atoms with Crippen molar-refractivity contribution in [2.24, 2.45) is 0 Å². The Bertz CT molecular complexity index is 377. The van der Waals surface area contributed by atoms with Gasteiger partial charge in [-0.25, -0.2) is 0 Å². The van der Waals surface area contributed by atoms with Gasteiger partial charge in [0.1, 0.15) is 5.75 Å². The molecule has 1 heterocycles. The van der Waals surface area contributed by atoms with Gasteiger partial charge in [0.05, 0.1) is 23.9 Å². The Morgan fingerprint density at radius 3 is 2.88 bits per heavy atom. The summed E-state index contributed by atoms with van der Waals surface area (Å²) in [6.45, 7) is 4.07. The lowest BCUT2D eigenvalue weighted by Gasteiger charge is -2.25. The number of aromatic hydroxyl groups is 1. The highest BCUT2D eigenvalue weighted by Crippen LogP contribution is 2.15. The molecule has 2 N–H and O–H groups in total. The second kappa shape index (κ2) is 4.94. The summed E-state index contributed by atoms with van der Waals surface area (Å²) in [5.41, 5.74) is -0.277. The first-order valence-corrected chi connectivity index (χ1v) is 4.91. The number of hydrogen-bond donors (Lipinski definition) is 2. The number of carbonyl (C=O) groups excluding carboxylic acids is 1. The Labute approximate surface area is 94.5 Å².